The Morgan fingerprint density at radius 2 is 2.31 bits per heavy atom. The monoisotopic (exact) mass is 185 g/mol. The van der Waals surface area contributed by atoms with Crippen LogP contribution in [-0.2, 0) is 0 Å². The van der Waals surface area contributed by atoms with E-state index in [1.807, 2.05) is 0 Å². The molecular weight excluding hydrogens is 170 g/mol. The van der Waals surface area contributed by atoms with Gasteiger partial charge in [-0.25, -0.2) is 9.98 Å². The number of hydrogen-bond donors (Lipinski definition) is 3. The number of guanidine groups is 1. The molecule has 0 aromatic carbocycles. The van der Waals surface area contributed by atoms with E-state index in [-0.39, 0.29) is 17.9 Å². The van der Waals surface area contributed by atoms with Gasteiger partial charge in [-0.05, 0) is 19.8 Å². The van der Waals surface area contributed by atoms with E-state index in [4.69, 9.17) is 15.9 Å². The number of rotatable bonds is 1. The second-order valence-corrected chi connectivity index (χ2v) is 3.19. The summed E-state index contributed by atoms with van der Waals surface area (Å²) in [5, 5.41) is 18.1. The van der Waals surface area contributed by atoms with Crippen molar-refractivity contribution < 1.29 is 10.2 Å². The van der Waals surface area contributed by atoms with Crippen molar-refractivity contribution in [2.75, 3.05) is 0 Å². The van der Waals surface area contributed by atoms with Crippen molar-refractivity contribution in [3.63, 3.8) is 0 Å². The van der Waals surface area contributed by atoms with Gasteiger partial charge in [-0.2, -0.15) is 0 Å². The zero-order chi connectivity index (χ0) is 9.84. The Bertz CT molecular complexity index is 225. The van der Waals surface area contributed by atoms with Crippen LogP contribution in [0.4, 0.5) is 0 Å². The summed E-state index contributed by atoms with van der Waals surface area (Å²) in [4.78, 5) is 7.88. The highest BCUT2D eigenvalue weighted by atomic mass is 16.5. The fourth-order valence-electron chi connectivity index (χ4n) is 1.40. The second-order valence-electron chi connectivity index (χ2n) is 3.19. The fourth-order valence-corrected chi connectivity index (χ4v) is 1.40. The van der Waals surface area contributed by atoms with Crippen LogP contribution in [0.5, 0.6) is 0 Å². The average molecular weight is 185 g/mol. The molecule has 0 aromatic rings. The summed E-state index contributed by atoms with van der Waals surface area (Å²) in [6.07, 6.45) is 1.68. The van der Waals surface area contributed by atoms with Crippen LogP contribution in [-0.4, -0.2) is 34.7 Å². The molecule has 2 unspecified atom stereocenters. The molecule has 0 fully saturated rings. The molecule has 1 aliphatic heterocycles. The summed E-state index contributed by atoms with van der Waals surface area (Å²) < 4.78 is 0. The van der Waals surface area contributed by atoms with Gasteiger partial charge in [-0.3, -0.25) is 0 Å². The Morgan fingerprint density at radius 3 is 2.92 bits per heavy atom. The molecular formula is C8H15N3O2. The SMILES string of the molecule is CC1/N=C(N)\N=C\CCC1C(O)O. The van der Waals surface area contributed by atoms with Crippen LogP contribution in [0.1, 0.15) is 19.8 Å². The van der Waals surface area contributed by atoms with Gasteiger partial charge in [0.15, 0.2) is 6.29 Å². The third kappa shape index (κ3) is 2.78. The van der Waals surface area contributed by atoms with E-state index < -0.39 is 6.29 Å². The lowest BCUT2D eigenvalue weighted by Crippen LogP contribution is -2.31. The molecule has 5 heteroatoms. The van der Waals surface area contributed by atoms with E-state index in [1.54, 1.807) is 13.1 Å². The zero-order valence-corrected chi connectivity index (χ0v) is 7.59. The molecule has 0 aromatic heterocycles. The van der Waals surface area contributed by atoms with E-state index in [9.17, 15) is 0 Å². The molecule has 1 rings (SSSR count). The molecule has 0 spiro atoms. The molecule has 0 aliphatic carbocycles. The lowest BCUT2D eigenvalue weighted by molar-refractivity contribution is -0.0902. The summed E-state index contributed by atoms with van der Waals surface area (Å²) in [5.41, 5.74) is 5.45. The first-order valence-corrected chi connectivity index (χ1v) is 4.33. The minimum atomic E-state index is -1.34. The molecule has 13 heavy (non-hydrogen) atoms. The molecule has 4 N–H and O–H groups in total. The highest BCUT2D eigenvalue weighted by Crippen LogP contribution is 2.18. The minimum Gasteiger partial charge on any atom is -0.368 e. The van der Waals surface area contributed by atoms with Gasteiger partial charge in [0.05, 0.1) is 6.04 Å². The Kier molecular flexibility index (Phi) is 3.39. The average Bonchev–Trinajstić information content (AvgIpc) is 1.99. The molecule has 0 saturated heterocycles. The summed E-state index contributed by atoms with van der Waals surface area (Å²) in [6, 6.07) is -0.197. The normalized spacial score (nSPS) is 36.2. The first-order chi connectivity index (χ1) is 6.11. The first-order valence-electron chi connectivity index (χ1n) is 4.33. The van der Waals surface area contributed by atoms with E-state index in [0.717, 1.165) is 0 Å². The minimum absolute atomic E-state index is 0.197. The second kappa shape index (κ2) is 4.34. The van der Waals surface area contributed by atoms with Crippen molar-refractivity contribution in [3.8, 4) is 0 Å². The first kappa shape index (κ1) is 10.1. The Morgan fingerprint density at radius 1 is 1.62 bits per heavy atom. The van der Waals surface area contributed by atoms with E-state index in [1.165, 1.54) is 0 Å². The number of aliphatic hydroxyl groups is 2. The van der Waals surface area contributed by atoms with E-state index >= 15 is 0 Å². The Balaban J connectivity index is 2.74. The number of nitrogens with zero attached hydrogens (tertiary/aromatic N) is 2. The van der Waals surface area contributed by atoms with Crippen LogP contribution in [0.25, 0.3) is 0 Å². The maximum atomic E-state index is 9.05. The van der Waals surface area contributed by atoms with Crippen molar-refractivity contribution in [2.24, 2.45) is 21.6 Å². The van der Waals surface area contributed by atoms with Gasteiger partial charge in [0, 0.05) is 12.1 Å². The molecule has 0 amide bonds. The molecule has 1 aliphatic rings. The van der Waals surface area contributed by atoms with Crippen molar-refractivity contribution in [2.45, 2.75) is 32.1 Å². The van der Waals surface area contributed by atoms with Crippen LogP contribution in [0.2, 0.25) is 0 Å². The zero-order valence-electron chi connectivity index (χ0n) is 7.59. The molecule has 0 radical (unpaired) electrons. The lowest BCUT2D eigenvalue weighted by atomic mass is 9.95. The van der Waals surface area contributed by atoms with E-state index in [0.29, 0.717) is 12.8 Å². The molecule has 0 saturated carbocycles. The standard InChI is InChI=1S/C8H15N3O2/c1-5-6(7(12)13)3-2-4-10-8(9)11-5/h4-7,12-13H,2-3H2,1H3,(H2,9,11)/b10-4+. The molecule has 1 heterocycles. The molecule has 5 nitrogen and oxygen atoms in total. The van der Waals surface area contributed by atoms with Crippen molar-refractivity contribution in [1.29, 1.82) is 0 Å². The fraction of sp³-hybridized carbons (Fsp3) is 0.750. The predicted molar refractivity (Wildman–Crippen MR) is 50.5 cm³/mol. The van der Waals surface area contributed by atoms with Crippen molar-refractivity contribution >= 4 is 12.2 Å². The number of aliphatic imine (C=N–C) groups is 2. The number of aliphatic hydroxyl groups excluding tert-OH is 1. The maximum Gasteiger partial charge on any atom is 0.215 e. The quantitative estimate of drug-likeness (QED) is 0.480. The largest absolute Gasteiger partial charge is 0.368 e. The summed E-state index contributed by atoms with van der Waals surface area (Å²) in [7, 11) is 0. The third-order valence-electron chi connectivity index (χ3n) is 2.19. The molecule has 74 valence electrons. The highest BCUT2D eigenvalue weighted by molar-refractivity contribution is 5.86. The lowest BCUT2D eigenvalue weighted by Gasteiger charge is -2.23. The van der Waals surface area contributed by atoms with Crippen molar-refractivity contribution in [1.82, 2.24) is 0 Å². The van der Waals surface area contributed by atoms with Crippen LogP contribution in [0.3, 0.4) is 0 Å². The van der Waals surface area contributed by atoms with Crippen LogP contribution < -0.4 is 5.73 Å². The summed E-state index contributed by atoms with van der Waals surface area (Å²) in [5.74, 6) is -0.0526. The van der Waals surface area contributed by atoms with Crippen molar-refractivity contribution in [3.05, 3.63) is 0 Å². The van der Waals surface area contributed by atoms with Gasteiger partial charge in [0.25, 0.3) is 0 Å². The molecule has 0 bridgehead atoms. The van der Waals surface area contributed by atoms with Gasteiger partial charge >= 0.3 is 0 Å². The van der Waals surface area contributed by atoms with Crippen LogP contribution >= 0.6 is 0 Å². The Hall–Kier alpha value is -0.940. The Labute approximate surface area is 77.0 Å². The summed E-state index contributed by atoms with van der Waals surface area (Å²) in [6.45, 7) is 1.80. The number of nitrogens with two attached hydrogens (primary N) is 1. The summed E-state index contributed by atoms with van der Waals surface area (Å²) >= 11 is 0. The van der Waals surface area contributed by atoms with Gasteiger partial charge in [0.1, 0.15) is 0 Å². The van der Waals surface area contributed by atoms with Gasteiger partial charge < -0.3 is 15.9 Å². The van der Waals surface area contributed by atoms with Crippen LogP contribution in [0, 0.1) is 5.92 Å². The predicted octanol–water partition coefficient (Wildman–Crippen LogP) is -0.519. The highest BCUT2D eigenvalue weighted by Gasteiger charge is 2.23. The maximum absolute atomic E-state index is 9.05. The van der Waals surface area contributed by atoms with E-state index in [2.05, 4.69) is 9.98 Å². The van der Waals surface area contributed by atoms with Crippen LogP contribution in [0.15, 0.2) is 9.98 Å². The smallest absolute Gasteiger partial charge is 0.215 e. The topological polar surface area (TPSA) is 91.2 Å². The molecule has 2 atom stereocenters. The van der Waals surface area contributed by atoms with Gasteiger partial charge in [-0.1, -0.05) is 0 Å². The van der Waals surface area contributed by atoms with Gasteiger partial charge in [-0.15, -0.1) is 0 Å². The third-order valence-corrected chi connectivity index (χ3v) is 2.19. The van der Waals surface area contributed by atoms with Gasteiger partial charge in [0.2, 0.25) is 5.96 Å². The number of hydrogen-bond acceptors (Lipinski definition) is 5.